The predicted molar refractivity (Wildman–Crippen MR) is 116 cm³/mol. The zero-order valence-electron chi connectivity index (χ0n) is 17.9. The van der Waals surface area contributed by atoms with Gasteiger partial charge in [-0.3, -0.25) is 9.59 Å². The maximum atomic E-state index is 13.7. The largest absolute Gasteiger partial charge is 0.383 e. The summed E-state index contributed by atoms with van der Waals surface area (Å²) in [6.07, 6.45) is 5.40. The first kappa shape index (κ1) is 21.5. The summed E-state index contributed by atoms with van der Waals surface area (Å²) >= 11 is 0. The van der Waals surface area contributed by atoms with Crippen LogP contribution in [0.25, 0.3) is 0 Å². The lowest BCUT2D eigenvalue weighted by atomic mass is 9.78. The first-order valence-corrected chi connectivity index (χ1v) is 11.0. The summed E-state index contributed by atoms with van der Waals surface area (Å²) in [5, 5.41) is 3.25. The van der Waals surface area contributed by atoms with Crippen molar-refractivity contribution >= 4 is 11.8 Å². The van der Waals surface area contributed by atoms with E-state index in [9.17, 15) is 14.0 Å². The minimum atomic E-state index is -0.571. The van der Waals surface area contributed by atoms with Crippen molar-refractivity contribution in [1.29, 1.82) is 0 Å². The molecule has 0 unspecified atom stereocenters. The fourth-order valence-electron chi connectivity index (χ4n) is 4.88. The van der Waals surface area contributed by atoms with Gasteiger partial charge in [0.1, 0.15) is 5.82 Å². The van der Waals surface area contributed by atoms with Crippen LogP contribution >= 0.6 is 0 Å². The zero-order chi connectivity index (χ0) is 21.8. The molecule has 1 N–H and O–H groups in total. The smallest absolute Gasteiger partial charge is 0.254 e. The number of hydrogen-bond acceptors (Lipinski definition) is 3. The Labute approximate surface area is 182 Å². The van der Waals surface area contributed by atoms with Crippen LogP contribution in [0.3, 0.4) is 0 Å². The fourth-order valence-corrected chi connectivity index (χ4v) is 4.88. The van der Waals surface area contributed by atoms with Crippen LogP contribution in [0.2, 0.25) is 0 Å². The van der Waals surface area contributed by atoms with Crippen LogP contribution in [-0.2, 0) is 9.53 Å². The molecule has 1 saturated carbocycles. The molecule has 1 fully saturated rings. The Morgan fingerprint density at radius 1 is 1.10 bits per heavy atom. The minimum Gasteiger partial charge on any atom is -0.383 e. The number of rotatable bonds is 6. The molecule has 0 bridgehead atoms. The SMILES string of the molecule is COCCN1C(=O)c2ccccc2[C@@H](C(=O)NC2CCCCC2)[C@@H]1c1ccc(F)cc1. The van der Waals surface area contributed by atoms with E-state index in [0.717, 1.165) is 36.8 Å². The van der Waals surface area contributed by atoms with Crippen molar-refractivity contribution in [2.75, 3.05) is 20.3 Å². The first-order chi connectivity index (χ1) is 15.1. The van der Waals surface area contributed by atoms with Gasteiger partial charge < -0.3 is 15.0 Å². The average molecular weight is 425 g/mol. The molecule has 2 aromatic carbocycles. The van der Waals surface area contributed by atoms with Crippen LogP contribution in [0, 0.1) is 5.82 Å². The van der Waals surface area contributed by atoms with Gasteiger partial charge >= 0.3 is 0 Å². The Morgan fingerprint density at radius 3 is 2.52 bits per heavy atom. The summed E-state index contributed by atoms with van der Waals surface area (Å²) in [6.45, 7) is 0.696. The monoisotopic (exact) mass is 424 g/mol. The molecule has 5 nitrogen and oxygen atoms in total. The van der Waals surface area contributed by atoms with E-state index in [1.54, 1.807) is 30.2 Å². The van der Waals surface area contributed by atoms with E-state index in [4.69, 9.17) is 4.74 Å². The fraction of sp³-hybridized carbons (Fsp3) is 0.440. The van der Waals surface area contributed by atoms with Gasteiger partial charge in [0.2, 0.25) is 5.91 Å². The lowest BCUT2D eigenvalue weighted by Crippen LogP contribution is -2.50. The zero-order valence-corrected chi connectivity index (χ0v) is 17.9. The van der Waals surface area contributed by atoms with Gasteiger partial charge in [0, 0.05) is 25.3 Å². The molecular formula is C25H29FN2O3. The van der Waals surface area contributed by atoms with E-state index in [1.807, 2.05) is 18.2 Å². The van der Waals surface area contributed by atoms with E-state index in [0.29, 0.717) is 18.7 Å². The molecule has 2 amide bonds. The van der Waals surface area contributed by atoms with Crippen molar-refractivity contribution in [2.24, 2.45) is 0 Å². The number of nitrogens with zero attached hydrogens (tertiary/aromatic N) is 1. The molecule has 0 spiro atoms. The Morgan fingerprint density at radius 2 is 1.81 bits per heavy atom. The third kappa shape index (κ3) is 4.49. The van der Waals surface area contributed by atoms with Gasteiger partial charge in [-0.05, 0) is 42.2 Å². The summed E-state index contributed by atoms with van der Waals surface area (Å²) < 4.78 is 18.9. The number of carbonyl (C=O) groups excluding carboxylic acids is 2. The molecule has 6 heteroatoms. The van der Waals surface area contributed by atoms with Gasteiger partial charge in [0.05, 0.1) is 18.6 Å². The van der Waals surface area contributed by atoms with Gasteiger partial charge in [0.25, 0.3) is 5.91 Å². The molecule has 0 saturated heterocycles. The number of fused-ring (bicyclic) bond motifs is 1. The number of ether oxygens (including phenoxy) is 1. The molecule has 1 aliphatic heterocycles. The standard InChI is InChI=1S/C25H29FN2O3/c1-31-16-15-28-23(17-11-13-18(26)14-12-17)22(20-9-5-6-10-21(20)25(28)30)24(29)27-19-7-3-2-4-8-19/h5-6,9-14,19,22-23H,2-4,7-8,15-16H2,1H3,(H,27,29)/t22-,23+/m1/s1. The lowest BCUT2D eigenvalue weighted by molar-refractivity contribution is -0.125. The average Bonchev–Trinajstić information content (AvgIpc) is 2.79. The maximum Gasteiger partial charge on any atom is 0.254 e. The topological polar surface area (TPSA) is 58.6 Å². The third-order valence-electron chi connectivity index (χ3n) is 6.42. The molecule has 164 valence electrons. The third-order valence-corrected chi connectivity index (χ3v) is 6.42. The summed E-state index contributed by atoms with van der Waals surface area (Å²) in [5.41, 5.74) is 2.01. The molecular weight excluding hydrogens is 395 g/mol. The molecule has 31 heavy (non-hydrogen) atoms. The van der Waals surface area contributed by atoms with Crippen LogP contribution in [0.5, 0.6) is 0 Å². The van der Waals surface area contributed by atoms with Crippen LogP contribution in [0.15, 0.2) is 48.5 Å². The van der Waals surface area contributed by atoms with Crippen LogP contribution in [0.4, 0.5) is 4.39 Å². The Balaban J connectivity index is 1.77. The van der Waals surface area contributed by atoms with E-state index in [2.05, 4.69) is 5.32 Å². The van der Waals surface area contributed by atoms with Crippen LogP contribution < -0.4 is 5.32 Å². The van der Waals surface area contributed by atoms with E-state index >= 15 is 0 Å². The van der Waals surface area contributed by atoms with E-state index in [1.165, 1.54) is 18.6 Å². The van der Waals surface area contributed by atoms with Crippen molar-refractivity contribution < 1.29 is 18.7 Å². The van der Waals surface area contributed by atoms with Gasteiger partial charge in [-0.25, -0.2) is 4.39 Å². The predicted octanol–water partition coefficient (Wildman–Crippen LogP) is 4.20. The summed E-state index contributed by atoms with van der Waals surface area (Å²) in [4.78, 5) is 28.7. The van der Waals surface area contributed by atoms with Gasteiger partial charge in [-0.15, -0.1) is 0 Å². The maximum absolute atomic E-state index is 13.7. The van der Waals surface area contributed by atoms with E-state index in [-0.39, 0.29) is 23.7 Å². The highest BCUT2D eigenvalue weighted by molar-refractivity contribution is 6.01. The first-order valence-electron chi connectivity index (χ1n) is 11.0. The van der Waals surface area contributed by atoms with Gasteiger partial charge in [-0.1, -0.05) is 49.6 Å². The second-order valence-electron chi connectivity index (χ2n) is 8.40. The molecule has 0 aromatic heterocycles. The number of hydrogen-bond donors (Lipinski definition) is 1. The molecule has 2 aromatic rings. The minimum absolute atomic E-state index is 0.0800. The number of halogens is 1. The molecule has 2 aliphatic rings. The van der Waals surface area contributed by atoms with Crippen molar-refractivity contribution in [3.8, 4) is 0 Å². The Bertz CT molecular complexity index is 925. The molecule has 1 heterocycles. The quantitative estimate of drug-likeness (QED) is 0.756. The Kier molecular flexibility index (Phi) is 6.66. The van der Waals surface area contributed by atoms with Crippen molar-refractivity contribution in [3.05, 3.63) is 71.0 Å². The highest BCUT2D eigenvalue weighted by atomic mass is 19.1. The molecule has 0 radical (unpaired) electrons. The van der Waals surface area contributed by atoms with Crippen molar-refractivity contribution in [2.45, 2.75) is 50.1 Å². The van der Waals surface area contributed by atoms with Gasteiger partial charge in [0.15, 0.2) is 0 Å². The molecule has 4 rings (SSSR count). The Hall–Kier alpha value is -2.73. The van der Waals surface area contributed by atoms with Crippen molar-refractivity contribution in [1.82, 2.24) is 10.2 Å². The lowest BCUT2D eigenvalue weighted by Gasteiger charge is -2.42. The second-order valence-corrected chi connectivity index (χ2v) is 8.40. The van der Waals surface area contributed by atoms with Gasteiger partial charge in [-0.2, -0.15) is 0 Å². The number of amides is 2. The summed E-state index contributed by atoms with van der Waals surface area (Å²) in [7, 11) is 1.59. The summed E-state index contributed by atoms with van der Waals surface area (Å²) in [6, 6.07) is 13.1. The van der Waals surface area contributed by atoms with Crippen molar-refractivity contribution in [3.63, 3.8) is 0 Å². The normalized spacial score (nSPS) is 21.6. The second kappa shape index (κ2) is 9.60. The number of nitrogens with one attached hydrogen (secondary N) is 1. The highest BCUT2D eigenvalue weighted by Gasteiger charge is 2.44. The highest BCUT2D eigenvalue weighted by Crippen LogP contribution is 2.43. The summed E-state index contributed by atoms with van der Waals surface area (Å²) in [5.74, 6) is -1.14. The van der Waals surface area contributed by atoms with Crippen LogP contribution in [-0.4, -0.2) is 43.0 Å². The van der Waals surface area contributed by atoms with E-state index < -0.39 is 12.0 Å². The number of methoxy groups -OCH3 is 1. The number of benzene rings is 2. The molecule has 2 atom stereocenters. The molecule has 1 aliphatic carbocycles. The number of carbonyl (C=O) groups is 2. The van der Waals surface area contributed by atoms with Crippen LogP contribution in [0.1, 0.15) is 65.5 Å².